The normalized spacial score (nSPS) is 9.56. The highest BCUT2D eigenvalue weighted by Gasteiger charge is 2.12. The number of hydrogen-bond acceptors (Lipinski definition) is 3. The average Bonchev–Trinajstić information content (AvgIpc) is 2.33. The molecule has 0 amide bonds. The summed E-state index contributed by atoms with van der Waals surface area (Å²) >= 11 is 1.15. The van der Waals surface area contributed by atoms with Gasteiger partial charge in [0.15, 0.2) is 16.7 Å². The number of thioether (sulfide) groups is 1. The zero-order chi connectivity index (χ0) is 13.5. The van der Waals surface area contributed by atoms with Crippen molar-refractivity contribution >= 4 is 16.9 Å². The minimum Gasteiger partial charge on any atom is -0.494 e. The Morgan fingerprint density at radius 3 is 2.72 bits per heavy atom. The quantitative estimate of drug-likeness (QED) is 0.624. The van der Waals surface area contributed by atoms with Crippen LogP contribution >= 0.6 is 11.8 Å². The summed E-state index contributed by atoms with van der Waals surface area (Å²) in [6.45, 7) is 1.47. The molecule has 0 N–H and O–H groups in total. The topological polar surface area (TPSA) is 26.3 Å². The SMILES string of the molecule is COc1ccc(C#CCCSC(C)=O)c(F)c1F. The summed E-state index contributed by atoms with van der Waals surface area (Å²) < 4.78 is 31.4. The maximum Gasteiger partial charge on any atom is 0.201 e. The van der Waals surface area contributed by atoms with Gasteiger partial charge >= 0.3 is 0 Å². The smallest absolute Gasteiger partial charge is 0.201 e. The van der Waals surface area contributed by atoms with E-state index in [2.05, 4.69) is 16.6 Å². The maximum absolute atomic E-state index is 13.5. The van der Waals surface area contributed by atoms with Gasteiger partial charge in [-0.15, -0.1) is 0 Å². The van der Waals surface area contributed by atoms with Crippen molar-refractivity contribution in [2.45, 2.75) is 13.3 Å². The lowest BCUT2D eigenvalue weighted by molar-refractivity contribution is -0.109. The summed E-state index contributed by atoms with van der Waals surface area (Å²) in [6.07, 6.45) is 0.442. The number of carbonyl (C=O) groups is 1. The molecule has 0 aliphatic rings. The van der Waals surface area contributed by atoms with Gasteiger partial charge in [-0.3, -0.25) is 4.79 Å². The van der Waals surface area contributed by atoms with E-state index in [1.807, 2.05) is 0 Å². The molecule has 2 nitrogen and oxygen atoms in total. The van der Waals surface area contributed by atoms with Gasteiger partial charge < -0.3 is 4.74 Å². The van der Waals surface area contributed by atoms with Crippen LogP contribution in [0.2, 0.25) is 0 Å². The first kappa shape index (κ1) is 14.5. The van der Waals surface area contributed by atoms with E-state index in [9.17, 15) is 13.6 Å². The van der Waals surface area contributed by atoms with Crippen molar-refractivity contribution in [3.8, 4) is 17.6 Å². The van der Waals surface area contributed by atoms with Crippen molar-refractivity contribution in [1.82, 2.24) is 0 Å². The summed E-state index contributed by atoms with van der Waals surface area (Å²) in [5.41, 5.74) is -0.0128. The lowest BCUT2D eigenvalue weighted by Gasteiger charge is -2.03. The van der Waals surface area contributed by atoms with E-state index in [-0.39, 0.29) is 16.4 Å². The standard InChI is InChI=1S/C13H12F2O2S/c1-9(16)18-8-4-3-5-10-6-7-11(17-2)13(15)12(10)14/h6-7H,4,8H2,1-2H3. The van der Waals surface area contributed by atoms with Crippen molar-refractivity contribution < 1.29 is 18.3 Å². The Bertz CT molecular complexity index is 504. The molecule has 0 saturated heterocycles. The molecule has 0 bridgehead atoms. The zero-order valence-electron chi connectivity index (χ0n) is 10.0. The van der Waals surface area contributed by atoms with Gasteiger partial charge in [-0.1, -0.05) is 23.6 Å². The summed E-state index contributed by atoms with van der Waals surface area (Å²) in [5, 5.41) is 0.0125. The molecule has 0 aromatic heterocycles. The van der Waals surface area contributed by atoms with Crippen molar-refractivity contribution in [2.24, 2.45) is 0 Å². The molecule has 0 spiro atoms. The average molecular weight is 270 g/mol. The third-order valence-electron chi connectivity index (χ3n) is 2.02. The van der Waals surface area contributed by atoms with Crippen molar-refractivity contribution in [3.63, 3.8) is 0 Å². The van der Waals surface area contributed by atoms with E-state index in [1.54, 1.807) is 0 Å². The van der Waals surface area contributed by atoms with Gasteiger partial charge in [0.05, 0.1) is 12.7 Å². The second-order valence-corrected chi connectivity index (χ2v) is 4.61. The van der Waals surface area contributed by atoms with E-state index < -0.39 is 11.6 Å². The zero-order valence-corrected chi connectivity index (χ0v) is 10.9. The fourth-order valence-corrected chi connectivity index (χ4v) is 1.68. The first-order valence-corrected chi connectivity index (χ1v) is 6.19. The van der Waals surface area contributed by atoms with Crippen LogP contribution in [0, 0.1) is 23.5 Å². The third-order valence-corrected chi connectivity index (χ3v) is 2.84. The van der Waals surface area contributed by atoms with Crippen LogP contribution in [0.15, 0.2) is 12.1 Å². The van der Waals surface area contributed by atoms with Crippen LogP contribution in [-0.4, -0.2) is 18.0 Å². The van der Waals surface area contributed by atoms with E-state index in [0.717, 1.165) is 11.8 Å². The Morgan fingerprint density at radius 2 is 2.11 bits per heavy atom. The minimum atomic E-state index is -1.04. The van der Waals surface area contributed by atoms with Crippen LogP contribution < -0.4 is 4.74 Å². The van der Waals surface area contributed by atoms with Crippen molar-refractivity contribution in [1.29, 1.82) is 0 Å². The van der Waals surface area contributed by atoms with Crippen LogP contribution in [0.25, 0.3) is 0 Å². The van der Waals surface area contributed by atoms with Crippen LogP contribution in [-0.2, 0) is 4.79 Å². The number of hydrogen-bond donors (Lipinski definition) is 0. The van der Waals surface area contributed by atoms with E-state index in [1.165, 1.54) is 26.2 Å². The molecule has 0 heterocycles. The Hall–Kier alpha value is -1.54. The van der Waals surface area contributed by atoms with Crippen LogP contribution in [0.5, 0.6) is 5.75 Å². The molecule has 5 heteroatoms. The Labute approximate surface area is 109 Å². The largest absolute Gasteiger partial charge is 0.494 e. The number of ether oxygens (including phenoxy) is 1. The molecule has 0 aliphatic carbocycles. The highest BCUT2D eigenvalue weighted by Crippen LogP contribution is 2.21. The molecule has 96 valence electrons. The molecular formula is C13H12F2O2S. The number of benzene rings is 1. The fourth-order valence-electron chi connectivity index (χ4n) is 1.19. The predicted octanol–water partition coefficient (Wildman–Crippen LogP) is 2.99. The number of carbonyl (C=O) groups excluding carboxylic acids is 1. The maximum atomic E-state index is 13.5. The van der Waals surface area contributed by atoms with Crippen molar-refractivity contribution in [2.75, 3.05) is 12.9 Å². The fraction of sp³-hybridized carbons (Fsp3) is 0.308. The summed E-state index contributed by atoms with van der Waals surface area (Å²) in [5.74, 6) is 3.57. The molecule has 18 heavy (non-hydrogen) atoms. The number of rotatable bonds is 3. The molecule has 0 unspecified atom stereocenters. The van der Waals surface area contributed by atoms with Crippen LogP contribution in [0.4, 0.5) is 8.78 Å². The van der Waals surface area contributed by atoms with Crippen molar-refractivity contribution in [3.05, 3.63) is 29.3 Å². The van der Waals surface area contributed by atoms with Crippen LogP contribution in [0.3, 0.4) is 0 Å². The van der Waals surface area contributed by atoms with Gasteiger partial charge in [-0.2, -0.15) is 4.39 Å². The number of methoxy groups -OCH3 is 1. The van der Waals surface area contributed by atoms with E-state index in [0.29, 0.717) is 12.2 Å². The predicted molar refractivity (Wildman–Crippen MR) is 67.5 cm³/mol. The first-order chi connectivity index (χ1) is 8.56. The highest BCUT2D eigenvalue weighted by molar-refractivity contribution is 8.13. The Kier molecular flexibility index (Phi) is 5.66. The van der Waals surface area contributed by atoms with E-state index >= 15 is 0 Å². The van der Waals surface area contributed by atoms with Crippen LogP contribution in [0.1, 0.15) is 18.9 Å². The second-order valence-electron chi connectivity index (χ2n) is 3.34. The molecule has 0 aliphatic heterocycles. The molecule has 1 aromatic rings. The second kappa shape index (κ2) is 7.02. The highest BCUT2D eigenvalue weighted by atomic mass is 32.2. The molecule has 1 aromatic carbocycles. The Balaban J connectivity index is 2.71. The van der Waals surface area contributed by atoms with Gasteiger partial charge in [0.1, 0.15) is 0 Å². The third kappa shape index (κ3) is 4.04. The Morgan fingerprint density at radius 1 is 1.39 bits per heavy atom. The monoisotopic (exact) mass is 270 g/mol. The summed E-state index contributed by atoms with van der Waals surface area (Å²) in [6, 6.07) is 2.69. The first-order valence-electron chi connectivity index (χ1n) is 5.20. The van der Waals surface area contributed by atoms with Gasteiger partial charge in [-0.25, -0.2) is 4.39 Å². The summed E-state index contributed by atoms with van der Waals surface area (Å²) in [7, 11) is 1.27. The van der Waals surface area contributed by atoms with Gasteiger partial charge in [0.2, 0.25) is 5.82 Å². The van der Waals surface area contributed by atoms with Gasteiger partial charge in [0, 0.05) is 19.1 Å². The lowest BCUT2D eigenvalue weighted by Crippen LogP contribution is -1.95. The lowest BCUT2D eigenvalue weighted by atomic mass is 10.2. The molecular weight excluding hydrogens is 258 g/mol. The molecule has 0 atom stereocenters. The number of halogens is 2. The van der Waals surface area contributed by atoms with Gasteiger partial charge in [-0.05, 0) is 12.1 Å². The minimum absolute atomic E-state index is 0.0125. The van der Waals surface area contributed by atoms with E-state index in [4.69, 9.17) is 0 Å². The van der Waals surface area contributed by atoms with Gasteiger partial charge in [0.25, 0.3) is 0 Å². The molecule has 1 rings (SSSR count). The molecule has 0 radical (unpaired) electrons. The molecule has 0 fully saturated rings. The molecule has 0 saturated carbocycles. The summed E-state index contributed by atoms with van der Waals surface area (Å²) in [4.78, 5) is 10.6.